The van der Waals surface area contributed by atoms with Crippen LogP contribution in [0.5, 0.6) is 5.75 Å². The van der Waals surface area contributed by atoms with Crippen molar-refractivity contribution in [2.24, 2.45) is 0 Å². The van der Waals surface area contributed by atoms with Crippen molar-refractivity contribution in [2.75, 3.05) is 151 Å². The van der Waals surface area contributed by atoms with Gasteiger partial charge < -0.3 is 62.2 Å². The molecule has 0 aliphatic heterocycles. The van der Waals surface area contributed by atoms with Gasteiger partial charge in [0, 0.05) is 11.3 Å². The first-order valence-electron chi connectivity index (χ1n) is 20.0. The van der Waals surface area contributed by atoms with Crippen LogP contribution in [-0.4, -0.2) is 158 Å². The second-order valence-corrected chi connectivity index (χ2v) is 12.5. The number of alkyl halides is 3. The summed E-state index contributed by atoms with van der Waals surface area (Å²) in [6.07, 6.45) is -3.69. The average Bonchev–Trinajstić information content (AvgIpc) is 3.26. The van der Waals surface area contributed by atoms with Gasteiger partial charge in [-0.1, -0.05) is 18.2 Å². The number of rotatable bonds is 38. The van der Waals surface area contributed by atoms with E-state index in [1.807, 2.05) is 0 Å². The van der Waals surface area contributed by atoms with Crippen LogP contribution in [-0.2, 0) is 58.3 Å². The van der Waals surface area contributed by atoms with Crippen molar-refractivity contribution in [3.8, 4) is 5.75 Å². The minimum Gasteiger partial charge on any atom is -0.491 e. The van der Waals surface area contributed by atoms with E-state index < -0.39 is 17.7 Å². The van der Waals surface area contributed by atoms with Gasteiger partial charge >= 0.3 is 12.1 Å². The van der Waals surface area contributed by atoms with Crippen LogP contribution >= 0.6 is 0 Å². The Morgan fingerprint density at radius 3 is 1.33 bits per heavy atom. The van der Waals surface area contributed by atoms with Crippen molar-refractivity contribution in [2.45, 2.75) is 6.18 Å². The molecule has 0 atom stereocenters. The molecule has 0 heterocycles. The molecule has 0 aliphatic carbocycles. The van der Waals surface area contributed by atoms with E-state index in [2.05, 4.69) is 5.32 Å². The van der Waals surface area contributed by atoms with Crippen LogP contribution < -0.4 is 10.1 Å². The molecule has 1 N–H and O–H groups in total. The van der Waals surface area contributed by atoms with Gasteiger partial charge in [-0.15, -0.1) is 0 Å². The maximum absolute atomic E-state index is 13.1. The Labute approximate surface area is 354 Å². The molecule has 0 radical (unpaired) electrons. The summed E-state index contributed by atoms with van der Waals surface area (Å²) in [4.78, 5) is 23.3. The van der Waals surface area contributed by atoms with Gasteiger partial charge in [-0.2, -0.15) is 13.2 Å². The normalized spacial score (nSPS) is 11.5. The average molecular weight is 870 g/mol. The number of carbonyl (C=O) groups excluding carboxylic acids is 2. The van der Waals surface area contributed by atoms with E-state index in [0.29, 0.717) is 149 Å². The van der Waals surface area contributed by atoms with Gasteiger partial charge in [-0.3, -0.25) is 4.79 Å². The third-order valence-corrected chi connectivity index (χ3v) is 7.94. The molecule has 0 saturated heterocycles. The van der Waals surface area contributed by atoms with Crippen LogP contribution in [0.15, 0.2) is 72.8 Å². The van der Waals surface area contributed by atoms with E-state index in [1.165, 1.54) is 18.2 Å². The maximum atomic E-state index is 13.1. The summed E-state index contributed by atoms with van der Waals surface area (Å²) in [5.74, 6) is 0.0554. The Morgan fingerprint density at radius 2 is 0.902 bits per heavy atom. The first-order chi connectivity index (χ1) is 29.9. The fourth-order valence-corrected chi connectivity index (χ4v) is 4.91. The molecule has 0 fully saturated rings. The van der Waals surface area contributed by atoms with E-state index in [0.717, 1.165) is 18.4 Å². The molecule has 0 aromatic heterocycles. The highest BCUT2D eigenvalue weighted by molar-refractivity contribution is 5.96. The zero-order chi connectivity index (χ0) is 43.5. The molecule has 0 saturated carbocycles. The Morgan fingerprint density at radius 1 is 0.492 bits per heavy atom. The Hall–Kier alpha value is -4.21. The summed E-state index contributed by atoms with van der Waals surface area (Å²) >= 11 is 0. The molecular weight excluding hydrogens is 811 g/mol. The molecule has 0 spiro atoms. The summed E-state index contributed by atoms with van der Waals surface area (Å²) < 4.78 is 105. The van der Waals surface area contributed by atoms with E-state index in [-0.39, 0.29) is 24.5 Å². The molecule has 3 aromatic rings. The summed E-state index contributed by atoms with van der Waals surface area (Å²) in [5, 5.41) is 2.86. The number of para-hydroxylation sites is 1. The molecule has 0 amide bonds. The fourth-order valence-electron chi connectivity index (χ4n) is 4.91. The number of esters is 1. The molecule has 18 heteroatoms. The summed E-state index contributed by atoms with van der Waals surface area (Å²) in [6.45, 7) is 8.73. The third-order valence-electron chi connectivity index (χ3n) is 7.94. The summed E-state index contributed by atoms with van der Waals surface area (Å²) in [6, 6.07) is 18.0. The number of ether oxygens (including phenoxy) is 12. The summed E-state index contributed by atoms with van der Waals surface area (Å²) in [5.41, 5.74) is 0.497. The van der Waals surface area contributed by atoms with E-state index in [9.17, 15) is 22.8 Å². The molecule has 3 aromatic carbocycles. The predicted molar refractivity (Wildman–Crippen MR) is 217 cm³/mol. The quantitative estimate of drug-likeness (QED) is 0.0427. The number of hydrogen-bond donors (Lipinski definition) is 1. The highest BCUT2D eigenvalue weighted by atomic mass is 19.4. The number of nitrogens with one attached hydrogen (secondary N) is 1. The Bertz CT molecular complexity index is 1570. The lowest BCUT2D eigenvalue weighted by Gasteiger charge is -2.13. The lowest BCUT2D eigenvalue weighted by atomic mass is 10.1. The monoisotopic (exact) mass is 869 g/mol. The maximum Gasteiger partial charge on any atom is 0.416 e. The molecule has 0 aliphatic rings. The van der Waals surface area contributed by atoms with Gasteiger partial charge in [-0.25, -0.2) is 4.79 Å². The highest BCUT2D eigenvalue weighted by Gasteiger charge is 2.30. The first-order valence-corrected chi connectivity index (χ1v) is 20.0. The first kappa shape index (κ1) is 51.1. The van der Waals surface area contributed by atoms with Crippen molar-refractivity contribution in [1.29, 1.82) is 0 Å². The summed E-state index contributed by atoms with van der Waals surface area (Å²) in [7, 11) is 0. The minimum atomic E-state index is -4.48. The van der Waals surface area contributed by atoms with Crippen LogP contribution in [0.1, 0.15) is 26.3 Å². The molecular formula is C43H58F3NO14. The second-order valence-electron chi connectivity index (χ2n) is 12.5. The zero-order valence-corrected chi connectivity index (χ0v) is 34.4. The largest absolute Gasteiger partial charge is 0.491 e. The number of carbonyl (C=O) groups is 2. The van der Waals surface area contributed by atoms with Crippen molar-refractivity contribution < 1.29 is 79.6 Å². The number of halogens is 3. The van der Waals surface area contributed by atoms with Crippen molar-refractivity contribution in [1.82, 2.24) is 0 Å². The molecule has 15 nitrogen and oxygen atoms in total. The SMILES string of the molecule is O=Cc1ccc(OCCOCCOCCOCCOCCOCCOCCOCCOCCOCCOCCOC(=O)c2ccccc2Nc2cccc(C(F)(F)F)c2)cc1. The van der Waals surface area contributed by atoms with E-state index >= 15 is 0 Å². The van der Waals surface area contributed by atoms with Crippen LogP contribution in [0.3, 0.4) is 0 Å². The Kier molecular flexibility index (Phi) is 28.0. The fraction of sp³-hybridized carbons (Fsp3) is 0.535. The van der Waals surface area contributed by atoms with Crippen LogP contribution in [0.4, 0.5) is 24.5 Å². The minimum absolute atomic E-state index is 0.00807. The molecule has 3 rings (SSSR count). The topological polar surface area (TPSA) is 157 Å². The van der Waals surface area contributed by atoms with Gasteiger partial charge in [-0.05, 0) is 54.6 Å². The highest BCUT2D eigenvalue weighted by Crippen LogP contribution is 2.32. The van der Waals surface area contributed by atoms with E-state index in [4.69, 9.17) is 56.8 Å². The Balaban J connectivity index is 0.973. The zero-order valence-electron chi connectivity index (χ0n) is 34.4. The van der Waals surface area contributed by atoms with Gasteiger partial charge in [0.25, 0.3) is 0 Å². The smallest absolute Gasteiger partial charge is 0.416 e. The lowest BCUT2D eigenvalue weighted by molar-refractivity contribution is -0.137. The second kappa shape index (κ2) is 33.4. The standard InChI is InChI=1S/C43H58F3NO14/c44-43(45,46)37-4-3-5-38(34-37)47-41-7-2-1-6-40(41)42(49)61-33-31-59-29-27-57-25-23-55-21-19-53-17-15-51-13-12-50-14-16-52-18-20-54-22-24-56-26-28-58-30-32-60-39-10-8-36(35-48)9-11-39/h1-11,34-35,47H,12-33H2. The van der Waals surface area contributed by atoms with Crippen molar-refractivity contribution >= 4 is 23.6 Å². The number of benzene rings is 3. The van der Waals surface area contributed by atoms with Crippen LogP contribution in [0.2, 0.25) is 0 Å². The van der Waals surface area contributed by atoms with Crippen molar-refractivity contribution in [3.63, 3.8) is 0 Å². The van der Waals surface area contributed by atoms with Gasteiger partial charge in [0.15, 0.2) is 0 Å². The number of anilines is 2. The molecule has 61 heavy (non-hydrogen) atoms. The van der Waals surface area contributed by atoms with Crippen molar-refractivity contribution in [3.05, 3.63) is 89.5 Å². The van der Waals surface area contributed by atoms with Gasteiger partial charge in [0.2, 0.25) is 0 Å². The van der Waals surface area contributed by atoms with Crippen LogP contribution in [0.25, 0.3) is 0 Å². The lowest BCUT2D eigenvalue weighted by Crippen LogP contribution is -2.16. The molecule has 340 valence electrons. The molecule has 0 bridgehead atoms. The van der Waals surface area contributed by atoms with Gasteiger partial charge in [0.1, 0.15) is 25.2 Å². The van der Waals surface area contributed by atoms with E-state index in [1.54, 1.807) is 42.5 Å². The van der Waals surface area contributed by atoms with Gasteiger partial charge in [0.05, 0.1) is 149 Å². The third kappa shape index (κ3) is 25.4. The predicted octanol–water partition coefficient (Wildman–Crippen LogP) is 5.66. The van der Waals surface area contributed by atoms with Crippen LogP contribution in [0, 0.1) is 0 Å². The number of aldehydes is 1. The molecule has 0 unspecified atom stereocenters. The number of hydrogen-bond acceptors (Lipinski definition) is 15.